The molecule has 0 atom stereocenters. The average molecular weight is 264 g/mol. The Balaban J connectivity index is 2.07. The van der Waals surface area contributed by atoms with Crippen molar-refractivity contribution < 1.29 is 4.74 Å². The number of aryl methyl sites for hydroxylation is 1. The lowest BCUT2D eigenvalue weighted by atomic mass is 10.4. The van der Waals surface area contributed by atoms with Crippen molar-refractivity contribution >= 4 is 17.2 Å². The quantitative estimate of drug-likeness (QED) is 0.899. The van der Waals surface area contributed by atoms with Crippen LogP contribution in [-0.4, -0.2) is 21.1 Å². The molecular weight excluding hydrogens is 248 g/mol. The molecule has 0 saturated heterocycles. The van der Waals surface area contributed by atoms with E-state index >= 15 is 0 Å². The van der Waals surface area contributed by atoms with Gasteiger partial charge in [0, 0.05) is 17.3 Å². The van der Waals surface area contributed by atoms with Crippen LogP contribution in [-0.2, 0) is 6.54 Å². The first-order chi connectivity index (χ1) is 8.66. The van der Waals surface area contributed by atoms with Crippen LogP contribution in [0.15, 0.2) is 17.9 Å². The van der Waals surface area contributed by atoms with E-state index in [1.54, 1.807) is 23.7 Å². The molecule has 2 heterocycles. The molecule has 2 rings (SSSR count). The zero-order valence-electron chi connectivity index (χ0n) is 10.7. The van der Waals surface area contributed by atoms with Crippen molar-refractivity contribution in [3.63, 3.8) is 0 Å². The Morgan fingerprint density at radius 3 is 2.72 bits per heavy atom. The van der Waals surface area contributed by atoms with Crippen molar-refractivity contribution in [3.8, 4) is 5.88 Å². The normalized spacial score (nSPS) is 10.7. The van der Waals surface area contributed by atoms with E-state index in [0.29, 0.717) is 18.2 Å². The Kier molecular flexibility index (Phi) is 4.09. The molecule has 0 aromatic carbocycles. The van der Waals surface area contributed by atoms with Gasteiger partial charge in [-0.2, -0.15) is 0 Å². The zero-order valence-corrected chi connectivity index (χ0v) is 11.5. The van der Waals surface area contributed by atoms with Crippen LogP contribution in [0.25, 0.3) is 0 Å². The molecule has 0 aliphatic rings. The predicted octanol–water partition coefficient (Wildman–Crippen LogP) is 2.64. The molecule has 0 aliphatic carbocycles. The summed E-state index contributed by atoms with van der Waals surface area (Å²) in [7, 11) is 0. The summed E-state index contributed by atoms with van der Waals surface area (Å²) in [6.45, 7) is 6.61. The van der Waals surface area contributed by atoms with E-state index in [4.69, 9.17) is 4.74 Å². The number of nitrogens with zero attached hydrogens (tertiary/aromatic N) is 3. The topological polar surface area (TPSA) is 59.9 Å². The van der Waals surface area contributed by atoms with E-state index in [1.807, 2.05) is 26.3 Å². The number of nitrogens with one attached hydrogen (secondary N) is 1. The molecule has 1 N–H and O–H groups in total. The van der Waals surface area contributed by atoms with Crippen LogP contribution in [0.1, 0.15) is 24.4 Å². The van der Waals surface area contributed by atoms with Gasteiger partial charge < -0.3 is 10.1 Å². The van der Waals surface area contributed by atoms with Gasteiger partial charge in [-0.05, 0) is 20.8 Å². The lowest BCUT2D eigenvalue weighted by Gasteiger charge is -2.12. The maximum Gasteiger partial charge on any atom is 0.257 e. The maximum atomic E-state index is 5.60. The average Bonchev–Trinajstić information content (AvgIpc) is 2.73. The Hall–Kier alpha value is -1.69. The first kappa shape index (κ1) is 12.8. The Labute approximate surface area is 110 Å². The number of thiazole rings is 1. The van der Waals surface area contributed by atoms with Gasteiger partial charge in [0.15, 0.2) is 5.82 Å². The van der Waals surface area contributed by atoms with Gasteiger partial charge in [-0.25, -0.2) is 15.0 Å². The second-order valence-corrected chi connectivity index (χ2v) is 5.03. The summed E-state index contributed by atoms with van der Waals surface area (Å²) >= 11 is 1.63. The van der Waals surface area contributed by atoms with Gasteiger partial charge in [0.1, 0.15) is 0 Å². The minimum Gasteiger partial charge on any atom is -0.472 e. The van der Waals surface area contributed by atoms with Crippen molar-refractivity contribution in [1.29, 1.82) is 0 Å². The molecule has 2 aromatic heterocycles. The smallest absolute Gasteiger partial charge is 0.257 e. The molecule has 6 heteroatoms. The maximum absolute atomic E-state index is 5.60. The number of hydrogen-bond donors (Lipinski definition) is 1. The van der Waals surface area contributed by atoms with E-state index in [1.165, 1.54) is 4.88 Å². The molecule has 0 spiro atoms. The lowest BCUT2D eigenvalue weighted by molar-refractivity contribution is 0.233. The molecule has 18 heavy (non-hydrogen) atoms. The largest absolute Gasteiger partial charge is 0.472 e. The number of aromatic nitrogens is 3. The van der Waals surface area contributed by atoms with Crippen molar-refractivity contribution in [3.05, 3.63) is 28.5 Å². The second-order valence-electron chi connectivity index (χ2n) is 4.09. The first-order valence-electron chi connectivity index (χ1n) is 5.77. The molecule has 0 aliphatic heterocycles. The molecule has 0 radical (unpaired) electrons. The number of ether oxygens (including phenoxy) is 1. The lowest BCUT2D eigenvalue weighted by Crippen LogP contribution is -2.11. The fourth-order valence-electron chi connectivity index (χ4n) is 1.42. The molecule has 0 saturated carbocycles. The Bertz CT molecular complexity index is 512. The minimum atomic E-state index is 0.0763. The molecule has 0 bridgehead atoms. The highest BCUT2D eigenvalue weighted by Gasteiger charge is 2.09. The van der Waals surface area contributed by atoms with Crippen LogP contribution in [0.5, 0.6) is 5.88 Å². The van der Waals surface area contributed by atoms with E-state index in [2.05, 4.69) is 20.3 Å². The van der Waals surface area contributed by atoms with Gasteiger partial charge in [-0.3, -0.25) is 0 Å². The van der Waals surface area contributed by atoms with E-state index in [0.717, 1.165) is 5.69 Å². The van der Waals surface area contributed by atoms with Gasteiger partial charge in [0.2, 0.25) is 0 Å². The highest BCUT2D eigenvalue weighted by Crippen LogP contribution is 2.21. The summed E-state index contributed by atoms with van der Waals surface area (Å²) in [5, 5.41) is 3.23. The number of rotatable bonds is 5. The monoisotopic (exact) mass is 264 g/mol. The predicted molar refractivity (Wildman–Crippen MR) is 72.0 cm³/mol. The summed E-state index contributed by atoms with van der Waals surface area (Å²) in [4.78, 5) is 13.8. The van der Waals surface area contributed by atoms with Crippen molar-refractivity contribution in [2.75, 3.05) is 5.32 Å². The Morgan fingerprint density at radius 2 is 2.06 bits per heavy atom. The fraction of sp³-hybridized carbons (Fsp3) is 0.417. The SMILES string of the molecule is Cc1ncsc1CNc1nccnc1OC(C)C. The molecule has 0 unspecified atom stereocenters. The minimum absolute atomic E-state index is 0.0763. The number of hydrogen-bond acceptors (Lipinski definition) is 6. The van der Waals surface area contributed by atoms with E-state index < -0.39 is 0 Å². The zero-order chi connectivity index (χ0) is 13.0. The summed E-state index contributed by atoms with van der Waals surface area (Å²) in [6.07, 6.45) is 3.35. The highest BCUT2D eigenvalue weighted by molar-refractivity contribution is 7.09. The first-order valence-corrected chi connectivity index (χ1v) is 6.65. The fourth-order valence-corrected chi connectivity index (χ4v) is 2.13. The Morgan fingerprint density at radius 1 is 1.28 bits per heavy atom. The molecule has 2 aromatic rings. The third-order valence-electron chi connectivity index (χ3n) is 2.27. The highest BCUT2D eigenvalue weighted by atomic mass is 32.1. The van der Waals surface area contributed by atoms with Gasteiger partial charge in [0.05, 0.1) is 23.9 Å². The van der Waals surface area contributed by atoms with Crippen LogP contribution in [0.3, 0.4) is 0 Å². The molecule has 96 valence electrons. The van der Waals surface area contributed by atoms with Crippen molar-refractivity contribution in [2.45, 2.75) is 33.4 Å². The van der Waals surface area contributed by atoms with Gasteiger partial charge in [-0.15, -0.1) is 11.3 Å². The summed E-state index contributed by atoms with van der Waals surface area (Å²) in [5.41, 5.74) is 2.89. The van der Waals surface area contributed by atoms with E-state index in [-0.39, 0.29) is 6.10 Å². The van der Waals surface area contributed by atoms with Gasteiger partial charge in [-0.1, -0.05) is 0 Å². The standard InChI is InChI=1S/C12H16N4OS/c1-8(2)17-12-11(13-4-5-14-12)15-6-10-9(3)16-7-18-10/h4-5,7-8H,6H2,1-3H3,(H,13,15). The molecule has 5 nitrogen and oxygen atoms in total. The third-order valence-corrected chi connectivity index (χ3v) is 3.21. The second kappa shape index (κ2) is 5.77. The van der Waals surface area contributed by atoms with Crippen LogP contribution < -0.4 is 10.1 Å². The summed E-state index contributed by atoms with van der Waals surface area (Å²) < 4.78 is 5.60. The third kappa shape index (κ3) is 3.16. The van der Waals surface area contributed by atoms with Crippen LogP contribution in [0.4, 0.5) is 5.82 Å². The van der Waals surface area contributed by atoms with Crippen LogP contribution in [0.2, 0.25) is 0 Å². The molecule has 0 amide bonds. The van der Waals surface area contributed by atoms with Gasteiger partial charge >= 0.3 is 0 Å². The van der Waals surface area contributed by atoms with Crippen molar-refractivity contribution in [1.82, 2.24) is 15.0 Å². The summed E-state index contributed by atoms with van der Waals surface area (Å²) in [5.74, 6) is 1.20. The van der Waals surface area contributed by atoms with Gasteiger partial charge in [0.25, 0.3) is 5.88 Å². The van der Waals surface area contributed by atoms with Crippen LogP contribution >= 0.6 is 11.3 Å². The molecule has 0 fully saturated rings. The summed E-state index contributed by atoms with van der Waals surface area (Å²) in [6, 6.07) is 0. The van der Waals surface area contributed by atoms with E-state index in [9.17, 15) is 0 Å². The van der Waals surface area contributed by atoms with Crippen LogP contribution in [0, 0.1) is 6.92 Å². The molecular formula is C12H16N4OS. The van der Waals surface area contributed by atoms with Crippen molar-refractivity contribution in [2.24, 2.45) is 0 Å². The number of anilines is 1.